The van der Waals surface area contributed by atoms with E-state index < -0.39 is 5.54 Å². The lowest BCUT2D eigenvalue weighted by atomic mass is 9.84. The van der Waals surface area contributed by atoms with Gasteiger partial charge in [-0.25, -0.2) is 0 Å². The van der Waals surface area contributed by atoms with Crippen molar-refractivity contribution in [2.45, 2.75) is 76.9 Å². The number of carbonyl (C=O) groups is 1. The fourth-order valence-corrected chi connectivity index (χ4v) is 4.28. The summed E-state index contributed by atoms with van der Waals surface area (Å²) in [6.07, 6.45) is 7.65. The molecule has 0 aromatic heterocycles. The van der Waals surface area contributed by atoms with Crippen molar-refractivity contribution in [2.75, 3.05) is 20.2 Å². The van der Waals surface area contributed by atoms with Crippen molar-refractivity contribution in [1.29, 1.82) is 0 Å². The molecular weight excluding hydrogens is 264 g/mol. The molecule has 2 fully saturated rings. The Bertz CT molecular complexity index is 361. The number of hydrogen-bond acceptors (Lipinski definition) is 4. The van der Waals surface area contributed by atoms with Gasteiger partial charge in [-0.1, -0.05) is 12.8 Å². The van der Waals surface area contributed by atoms with Crippen LogP contribution < -0.4 is 5.32 Å². The maximum absolute atomic E-state index is 12.2. The molecule has 122 valence electrons. The predicted molar refractivity (Wildman–Crippen MR) is 85.2 cm³/mol. The first kappa shape index (κ1) is 16.8. The Hall–Kier alpha value is -0.610. The minimum Gasteiger partial charge on any atom is -0.465 e. The van der Waals surface area contributed by atoms with E-state index in [4.69, 9.17) is 4.74 Å². The monoisotopic (exact) mass is 296 g/mol. The van der Waals surface area contributed by atoms with Crippen LogP contribution in [0.4, 0.5) is 0 Å². The van der Waals surface area contributed by atoms with Crippen LogP contribution in [0, 0.1) is 5.92 Å². The zero-order chi connectivity index (χ0) is 15.5. The topological polar surface area (TPSA) is 41.6 Å². The van der Waals surface area contributed by atoms with Gasteiger partial charge in [0.05, 0.1) is 6.61 Å². The molecule has 0 bridgehead atoms. The van der Waals surface area contributed by atoms with Gasteiger partial charge in [0.15, 0.2) is 0 Å². The maximum atomic E-state index is 12.2. The Morgan fingerprint density at radius 3 is 2.76 bits per heavy atom. The van der Waals surface area contributed by atoms with Gasteiger partial charge in [0.2, 0.25) is 0 Å². The molecule has 1 saturated carbocycles. The zero-order valence-electron chi connectivity index (χ0n) is 14.2. The minimum atomic E-state index is -0.581. The molecule has 1 heterocycles. The van der Waals surface area contributed by atoms with Crippen molar-refractivity contribution >= 4 is 5.97 Å². The molecule has 2 aliphatic rings. The fourth-order valence-electron chi connectivity index (χ4n) is 4.28. The first-order chi connectivity index (χ1) is 10.0. The molecule has 2 rings (SSSR count). The van der Waals surface area contributed by atoms with E-state index in [1.54, 1.807) is 0 Å². The third kappa shape index (κ3) is 3.59. The second-order valence-corrected chi connectivity index (χ2v) is 6.99. The SMILES string of the molecule is CCOC(=O)C(C)(CC(C)N1CCC2CCCCC21)NC. The van der Waals surface area contributed by atoms with Crippen molar-refractivity contribution in [1.82, 2.24) is 10.2 Å². The smallest absolute Gasteiger partial charge is 0.326 e. The largest absolute Gasteiger partial charge is 0.465 e. The molecule has 4 heteroatoms. The van der Waals surface area contributed by atoms with Gasteiger partial charge in [0.1, 0.15) is 5.54 Å². The highest BCUT2D eigenvalue weighted by atomic mass is 16.5. The standard InChI is InChI=1S/C17H32N2O2/c1-5-21-16(20)17(3,18-4)12-13(2)19-11-10-14-8-6-7-9-15(14)19/h13-15,18H,5-12H2,1-4H3. The van der Waals surface area contributed by atoms with Crippen molar-refractivity contribution in [3.05, 3.63) is 0 Å². The maximum Gasteiger partial charge on any atom is 0.326 e. The Balaban J connectivity index is 1.99. The molecule has 4 unspecified atom stereocenters. The highest BCUT2D eigenvalue weighted by Gasteiger charge is 2.41. The van der Waals surface area contributed by atoms with E-state index >= 15 is 0 Å². The molecular formula is C17H32N2O2. The molecule has 1 aliphatic carbocycles. The number of nitrogens with one attached hydrogen (secondary N) is 1. The summed E-state index contributed by atoms with van der Waals surface area (Å²) in [6, 6.07) is 1.16. The van der Waals surface area contributed by atoms with Gasteiger partial charge in [-0.3, -0.25) is 9.69 Å². The third-order valence-electron chi connectivity index (χ3n) is 5.60. The van der Waals surface area contributed by atoms with E-state index in [9.17, 15) is 4.79 Å². The summed E-state index contributed by atoms with van der Waals surface area (Å²) < 4.78 is 5.25. The van der Waals surface area contributed by atoms with Crippen molar-refractivity contribution < 1.29 is 9.53 Å². The summed E-state index contributed by atoms with van der Waals surface area (Å²) in [5.74, 6) is 0.767. The average Bonchev–Trinajstić information content (AvgIpc) is 2.91. The number of nitrogens with zero attached hydrogens (tertiary/aromatic N) is 1. The lowest BCUT2D eigenvalue weighted by Crippen LogP contribution is -2.53. The van der Waals surface area contributed by atoms with E-state index in [0.717, 1.165) is 18.4 Å². The summed E-state index contributed by atoms with van der Waals surface area (Å²) in [5.41, 5.74) is -0.581. The number of likely N-dealkylation sites (tertiary alicyclic amines) is 1. The van der Waals surface area contributed by atoms with Gasteiger partial charge in [0.25, 0.3) is 0 Å². The summed E-state index contributed by atoms with van der Waals surface area (Å²) in [4.78, 5) is 14.9. The highest BCUT2D eigenvalue weighted by molar-refractivity contribution is 5.80. The second-order valence-electron chi connectivity index (χ2n) is 6.99. The second kappa shape index (κ2) is 7.10. The third-order valence-corrected chi connectivity index (χ3v) is 5.60. The van der Waals surface area contributed by atoms with Crippen LogP contribution in [-0.4, -0.2) is 48.7 Å². The Morgan fingerprint density at radius 1 is 1.38 bits per heavy atom. The molecule has 1 aliphatic heterocycles. The van der Waals surface area contributed by atoms with Crippen LogP contribution in [0.15, 0.2) is 0 Å². The number of ether oxygens (including phenoxy) is 1. The Labute approximate surface area is 129 Å². The highest BCUT2D eigenvalue weighted by Crippen LogP contribution is 2.38. The molecule has 4 nitrogen and oxygen atoms in total. The zero-order valence-corrected chi connectivity index (χ0v) is 14.2. The molecule has 21 heavy (non-hydrogen) atoms. The lowest BCUT2D eigenvalue weighted by molar-refractivity contribution is -0.151. The van der Waals surface area contributed by atoms with Gasteiger partial charge < -0.3 is 10.1 Å². The molecule has 0 radical (unpaired) electrons. The van der Waals surface area contributed by atoms with Crippen molar-refractivity contribution in [3.8, 4) is 0 Å². The number of carbonyl (C=O) groups excluding carboxylic acids is 1. The number of esters is 1. The lowest BCUT2D eigenvalue weighted by Gasteiger charge is -2.39. The van der Waals surface area contributed by atoms with Crippen molar-refractivity contribution in [3.63, 3.8) is 0 Å². The van der Waals surface area contributed by atoms with Crippen LogP contribution in [0.3, 0.4) is 0 Å². The van der Waals surface area contributed by atoms with Crippen LogP contribution in [0.25, 0.3) is 0 Å². The van der Waals surface area contributed by atoms with Gasteiger partial charge in [0, 0.05) is 12.1 Å². The first-order valence-corrected chi connectivity index (χ1v) is 8.63. The molecule has 0 amide bonds. The number of rotatable bonds is 6. The summed E-state index contributed by atoms with van der Waals surface area (Å²) in [5, 5.41) is 3.19. The summed E-state index contributed by atoms with van der Waals surface area (Å²) in [6.45, 7) is 7.74. The fraction of sp³-hybridized carbons (Fsp3) is 0.941. The molecule has 1 saturated heterocycles. The van der Waals surface area contributed by atoms with Gasteiger partial charge in [-0.15, -0.1) is 0 Å². The molecule has 4 atom stereocenters. The first-order valence-electron chi connectivity index (χ1n) is 8.63. The number of likely N-dealkylation sites (N-methyl/N-ethyl adjacent to an activating group) is 1. The normalized spacial score (nSPS) is 30.5. The number of fused-ring (bicyclic) bond motifs is 1. The quantitative estimate of drug-likeness (QED) is 0.765. The van der Waals surface area contributed by atoms with E-state index in [1.165, 1.54) is 38.6 Å². The summed E-state index contributed by atoms with van der Waals surface area (Å²) in [7, 11) is 1.86. The Kier molecular flexibility index (Phi) is 5.67. The van der Waals surface area contributed by atoms with Gasteiger partial charge in [-0.2, -0.15) is 0 Å². The van der Waals surface area contributed by atoms with E-state index in [1.807, 2.05) is 20.9 Å². The average molecular weight is 296 g/mol. The van der Waals surface area contributed by atoms with Crippen LogP contribution >= 0.6 is 0 Å². The van der Waals surface area contributed by atoms with Gasteiger partial charge in [-0.05, 0) is 66.0 Å². The molecule has 0 aromatic carbocycles. The van der Waals surface area contributed by atoms with E-state index in [2.05, 4.69) is 17.1 Å². The summed E-state index contributed by atoms with van der Waals surface area (Å²) >= 11 is 0. The van der Waals surface area contributed by atoms with E-state index in [-0.39, 0.29) is 5.97 Å². The Morgan fingerprint density at radius 2 is 2.10 bits per heavy atom. The molecule has 0 aromatic rings. The van der Waals surface area contributed by atoms with Gasteiger partial charge >= 0.3 is 5.97 Å². The van der Waals surface area contributed by atoms with Crippen LogP contribution in [0.1, 0.15) is 59.3 Å². The molecule has 0 spiro atoms. The predicted octanol–water partition coefficient (Wildman–Crippen LogP) is 2.57. The van der Waals surface area contributed by atoms with Crippen LogP contribution in [0.5, 0.6) is 0 Å². The van der Waals surface area contributed by atoms with Crippen molar-refractivity contribution in [2.24, 2.45) is 5.92 Å². The number of hydrogen-bond donors (Lipinski definition) is 1. The van der Waals surface area contributed by atoms with E-state index in [0.29, 0.717) is 12.6 Å². The minimum absolute atomic E-state index is 0.126. The molecule has 1 N–H and O–H groups in total. The van der Waals surface area contributed by atoms with Crippen LogP contribution in [0.2, 0.25) is 0 Å². The van der Waals surface area contributed by atoms with Crippen LogP contribution in [-0.2, 0) is 9.53 Å².